The second-order valence-electron chi connectivity index (χ2n) is 3.01. The van der Waals surface area contributed by atoms with Crippen LogP contribution in [0.25, 0.3) is 0 Å². The zero-order chi connectivity index (χ0) is 13.0. The average Bonchev–Trinajstić information content (AvgIpc) is 2.20. The van der Waals surface area contributed by atoms with Gasteiger partial charge in [0.15, 0.2) is 23.3 Å². The van der Waals surface area contributed by atoms with Crippen LogP contribution in [0.1, 0.15) is 13.8 Å². The number of rotatable bonds is 0. The Kier molecular flexibility index (Phi) is 5.74. The molecule has 0 aliphatic heterocycles. The van der Waals surface area contributed by atoms with Crippen LogP contribution in [0, 0.1) is 29.1 Å². The predicted octanol–water partition coefficient (Wildman–Crippen LogP) is 3.06. The average molecular weight is 260 g/mol. The first-order valence-electron chi connectivity index (χ1n) is 4.08. The van der Waals surface area contributed by atoms with Crippen molar-refractivity contribution in [2.75, 3.05) is 0 Å². The Morgan fingerprint density at radius 2 is 1.00 bits per heavy atom. The van der Waals surface area contributed by atoms with Crippen LogP contribution < -0.4 is 0 Å². The van der Waals surface area contributed by atoms with Crippen molar-refractivity contribution in [3.05, 3.63) is 29.1 Å². The molecule has 0 amide bonds. The van der Waals surface area contributed by atoms with Crippen LogP contribution in [0.15, 0.2) is 4.90 Å². The largest absolute Gasteiger partial charge is 0.394 e. The third-order valence-corrected chi connectivity index (χ3v) is 1.58. The Morgan fingerprint density at radius 3 is 1.25 bits per heavy atom. The van der Waals surface area contributed by atoms with E-state index in [1.54, 1.807) is 13.8 Å². The zero-order valence-electron chi connectivity index (χ0n) is 8.36. The maximum atomic E-state index is 12.3. The zero-order valence-corrected chi connectivity index (χ0v) is 9.26. The normalized spacial score (nSPS) is 10.1. The highest BCUT2D eigenvalue weighted by atomic mass is 32.1. The van der Waals surface area contributed by atoms with E-state index < -0.39 is 34.0 Å². The summed E-state index contributed by atoms with van der Waals surface area (Å²) in [7, 11) is 0. The lowest BCUT2D eigenvalue weighted by molar-refractivity contribution is 0.216. The van der Waals surface area contributed by atoms with E-state index in [1.807, 2.05) is 0 Å². The molecule has 7 heteroatoms. The van der Waals surface area contributed by atoms with Gasteiger partial charge in [0.2, 0.25) is 5.82 Å². The molecule has 1 aromatic carbocycles. The molecule has 0 unspecified atom stereocenters. The minimum Gasteiger partial charge on any atom is -0.394 e. The van der Waals surface area contributed by atoms with Crippen molar-refractivity contribution in [1.82, 2.24) is 0 Å². The van der Waals surface area contributed by atoms with Gasteiger partial charge in [-0.3, -0.25) is 0 Å². The molecule has 92 valence electrons. The Bertz CT molecular complexity index is 273. The molecule has 0 aromatic heterocycles. The number of halogens is 5. The highest BCUT2D eigenvalue weighted by Gasteiger charge is 2.23. The first kappa shape index (κ1) is 15.2. The van der Waals surface area contributed by atoms with Crippen LogP contribution in [0.4, 0.5) is 22.0 Å². The molecule has 0 fully saturated rings. The second-order valence-corrected chi connectivity index (χ2v) is 3.46. The summed E-state index contributed by atoms with van der Waals surface area (Å²) >= 11 is 3.10. The standard InChI is InChI=1S/C6HF5S.C3H8O/c7-1-2(8)4(10)6(12)5(11)3(1)9;1-3(2)4/h12H;3-4H,1-2H3. The Labute approximate surface area is 94.3 Å². The molecule has 16 heavy (non-hydrogen) atoms. The lowest BCUT2D eigenvalue weighted by Gasteiger charge is -2.01. The van der Waals surface area contributed by atoms with Crippen LogP contribution in [-0.4, -0.2) is 11.2 Å². The van der Waals surface area contributed by atoms with E-state index in [9.17, 15) is 22.0 Å². The molecule has 0 radical (unpaired) electrons. The molecule has 1 aromatic rings. The molecule has 1 rings (SSSR count). The van der Waals surface area contributed by atoms with Gasteiger partial charge in [-0.25, -0.2) is 22.0 Å². The van der Waals surface area contributed by atoms with Crippen LogP contribution >= 0.6 is 12.6 Å². The van der Waals surface area contributed by atoms with E-state index in [2.05, 4.69) is 12.6 Å². The van der Waals surface area contributed by atoms with Gasteiger partial charge in [0.05, 0.1) is 4.90 Å². The molecule has 1 nitrogen and oxygen atoms in total. The molecule has 0 heterocycles. The molecule has 0 aliphatic carbocycles. The van der Waals surface area contributed by atoms with Crippen molar-refractivity contribution in [2.24, 2.45) is 0 Å². The number of benzene rings is 1. The summed E-state index contributed by atoms with van der Waals surface area (Å²) in [4.78, 5) is -1.17. The summed E-state index contributed by atoms with van der Waals surface area (Å²) in [6, 6.07) is 0. The molecule has 0 saturated heterocycles. The maximum Gasteiger partial charge on any atom is 0.200 e. The summed E-state index contributed by atoms with van der Waals surface area (Å²) in [5.41, 5.74) is 0. The van der Waals surface area contributed by atoms with Gasteiger partial charge in [0, 0.05) is 6.10 Å². The lowest BCUT2D eigenvalue weighted by atomic mass is 10.3. The molecular formula is C9H9F5OS. The SMILES string of the molecule is CC(C)O.Fc1c(F)c(F)c(S)c(F)c1F. The van der Waals surface area contributed by atoms with E-state index in [4.69, 9.17) is 5.11 Å². The highest BCUT2D eigenvalue weighted by Crippen LogP contribution is 2.24. The minimum absolute atomic E-state index is 0.167. The van der Waals surface area contributed by atoms with Crippen LogP contribution in [0.3, 0.4) is 0 Å². The maximum absolute atomic E-state index is 12.3. The van der Waals surface area contributed by atoms with E-state index in [-0.39, 0.29) is 6.10 Å². The van der Waals surface area contributed by atoms with Gasteiger partial charge >= 0.3 is 0 Å². The van der Waals surface area contributed by atoms with Crippen LogP contribution in [-0.2, 0) is 0 Å². The fourth-order valence-electron chi connectivity index (χ4n) is 0.593. The smallest absolute Gasteiger partial charge is 0.200 e. The van der Waals surface area contributed by atoms with Gasteiger partial charge in [0.25, 0.3) is 0 Å². The van der Waals surface area contributed by atoms with Crippen molar-refractivity contribution in [2.45, 2.75) is 24.8 Å². The van der Waals surface area contributed by atoms with Gasteiger partial charge in [-0.15, -0.1) is 12.6 Å². The summed E-state index contributed by atoms with van der Waals surface area (Å²) in [6.45, 7) is 3.44. The van der Waals surface area contributed by atoms with Crippen molar-refractivity contribution in [3.63, 3.8) is 0 Å². The molecular weight excluding hydrogens is 251 g/mol. The van der Waals surface area contributed by atoms with E-state index in [1.165, 1.54) is 0 Å². The molecule has 0 spiro atoms. The quantitative estimate of drug-likeness (QED) is 0.318. The molecule has 0 atom stereocenters. The first-order valence-corrected chi connectivity index (χ1v) is 4.53. The Hall–Kier alpha value is -0.820. The summed E-state index contributed by atoms with van der Waals surface area (Å²) in [5.74, 6) is -10.00. The number of aliphatic hydroxyl groups excluding tert-OH is 1. The van der Waals surface area contributed by atoms with Gasteiger partial charge < -0.3 is 5.11 Å². The molecule has 0 saturated carbocycles. The summed E-state index contributed by atoms with van der Waals surface area (Å²) in [6.07, 6.45) is -0.167. The van der Waals surface area contributed by atoms with Crippen LogP contribution in [0.5, 0.6) is 0 Å². The fourth-order valence-corrected chi connectivity index (χ4v) is 0.790. The Morgan fingerprint density at radius 1 is 0.812 bits per heavy atom. The van der Waals surface area contributed by atoms with Crippen molar-refractivity contribution >= 4 is 12.6 Å². The predicted molar refractivity (Wildman–Crippen MR) is 50.8 cm³/mol. The molecule has 0 aliphatic rings. The summed E-state index contributed by atoms with van der Waals surface area (Å²) < 4.78 is 61.3. The van der Waals surface area contributed by atoms with Crippen molar-refractivity contribution in [1.29, 1.82) is 0 Å². The number of aliphatic hydroxyl groups is 1. The molecule has 1 N–H and O–H groups in total. The monoisotopic (exact) mass is 260 g/mol. The van der Waals surface area contributed by atoms with E-state index >= 15 is 0 Å². The minimum atomic E-state index is -2.18. The topological polar surface area (TPSA) is 20.2 Å². The fraction of sp³-hybridized carbons (Fsp3) is 0.333. The summed E-state index contributed by atoms with van der Waals surface area (Å²) in [5, 5.41) is 8.06. The van der Waals surface area contributed by atoms with Gasteiger partial charge in [-0.2, -0.15) is 0 Å². The number of hydrogen-bond acceptors (Lipinski definition) is 2. The molecule has 0 bridgehead atoms. The first-order chi connectivity index (χ1) is 7.20. The van der Waals surface area contributed by atoms with Gasteiger partial charge in [-0.1, -0.05) is 0 Å². The lowest BCUT2D eigenvalue weighted by Crippen LogP contribution is -2.01. The van der Waals surface area contributed by atoms with Crippen LogP contribution in [0.2, 0.25) is 0 Å². The second kappa shape index (κ2) is 6.05. The third-order valence-electron chi connectivity index (χ3n) is 1.19. The van der Waals surface area contributed by atoms with Crippen molar-refractivity contribution in [3.8, 4) is 0 Å². The van der Waals surface area contributed by atoms with Gasteiger partial charge in [-0.05, 0) is 13.8 Å². The van der Waals surface area contributed by atoms with Crippen molar-refractivity contribution < 1.29 is 27.1 Å². The Balaban J connectivity index is 0.000000487. The van der Waals surface area contributed by atoms with E-state index in [0.717, 1.165) is 0 Å². The van der Waals surface area contributed by atoms with E-state index in [0.29, 0.717) is 0 Å². The highest BCUT2D eigenvalue weighted by molar-refractivity contribution is 7.80. The third kappa shape index (κ3) is 3.64. The number of thiol groups is 1. The van der Waals surface area contributed by atoms with Gasteiger partial charge in [0.1, 0.15) is 0 Å². The number of hydrogen-bond donors (Lipinski definition) is 2.